The minimum atomic E-state index is -1.18. The second kappa shape index (κ2) is 19.4. The summed E-state index contributed by atoms with van der Waals surface area (Å²) in [5.41, 5.74) is 26.3. The topological polar surface area (TPSA) is 248 Å². The van der Waals surface area contributed by atoms with Gasteiger partial charge in [0, 0.05) is 60.5 Å². The summed E-state index contributed by atoms with van der Waals surface area (Å²) < 4.78 is 10.8. The van der Waals surface area contributed by atoms with Crippen molar-refractivity contribution in [3.8, 4) is 0 Å². The Balaban J connectivity index is 0.000000172. The monoisotopic (exact) mass is 860 g/mol. The summed E-state index contributed by atoms with van der Waals surface area (Å²) in [6, 6.07) is 18.9. The van der Waals surface area contributed by atoms with Crippen molar-refractivity contribution in [2.45, 2.75) is 53.6 Å². The maximum absolute atomic E-state index is 12.5. The molecule has 0 bridgehead atoms. The van der Waals surface area contributed by atoms with Gasteiger partial charge in [-0.1, -0.05) is 35.3 Å². The molecule has 17 heteroatoms. The van der Waals surface area contributed by atoms with Gasteiger partial charge in [0.1, 0.15) is 23.2 Å². The van der Waals surface area contributed by atoms with Gasteiger partial charge in [-0.25, -0.2) is 24.7 Å². The number of hydrogen-bond acceptors (Lipinski definition) is 13. The number of aromatic carboxylic acids is 1. The van der Waals surface area contributed by atoms with E-state index in [1.807, 2.05) is 82.3 Å². The molecule has 61 heavy (non-hydrogen) atoms. The Kier molecular flexibility index (Phi) is 13.9. The van der Waals surface area contributed by atoms with Crippen LogP contribution in [0.3, 0.4) is 0 Å². The molecule has 8 N–H and O–H groups in total. The zero-order valence-corrected chi connectivity index (χ0v) is 35.2. The summed E-state index contributed by atoms with van der Waals surface area (Å²) in [5, 5.41) is 14.6. The number of carbonyl (C=O) groups excluding carboxylic acids is 1. The number of carboxylic acids is 1. The number of nitrogens with two attached hydrogens (primary N) is 3. The van der Waals surface area contributed by atoms with Gasteiger partial charge >= 0.3 is 17.8 Å². The Morgan fingerprint density at radius 2 is 1.13 bits per heavy atom. The number of rotatable bonds is 9. The van der Waals surface area contributed by atoms with Crippen LogP contribution in [0.25, 0.3) is 21.8 Å². The molecule has 0 fully saturated rings. The molecular formula is C44H42Cl2N10O5. The fraction of sp³-hybridized carbons (Fsp3) is 0.182. The molecule has 15 nitrogen and oxygen atoms in total. The van der Waals surface area contributed by atoms with E-state index in [9.17, 15) is 9.59 Å². The molecule has 0 radical (unpaired) electrons. The van der Waals surface area contributed by atoms with Gasteiger partial charge in [0.05, 0.1) is 33.5 Å². The van der Waals surface area contributed by atoms with Gasteiger partial charge in [-0.3, -0.25) is 14.8 Å². The number of amides is 1. The van der Waals surface area contributed by atoms with Gasteiger partial charge in [-0.15, -0.1) is 0 Å². The number of oxazole rings is 2. The number of nitrogen functional groups attached to an aromatic ring is 2. The molecule has 6 aromatic heterocycles. The fourth-order valence-electron chi connectivity index (χ4n) is 6.51. The van der Waals surface area contributed by atoms with Crippen LogP contribution in [0.5, 0.6) is 0 Å². The van der Waals surface area contributed by atoms with Crippen LogP contribution >= 0.6 is 23.2 Å². The minimum absolute atomic E-state index is 0.0224. The van der Waals surface area contributed by atoms with E-state index in [1.54, 1.807) is 24.7 Å². The van der Waals surface area contributed by atoms with E-state index in [2.05, 4.69) is 35.2 Å². The maximum atomic E-state index is 12.5. The lowest BCUT2D eigenvalue weighted by Crippen LogP contribution is -2.24. The number of benzene rings is 2. The van der Waals surface area contributed by atoms with Crippen LogP contribution in [-0.4, -0.2) is 46.9 Å². The number of fused-ring (bicyclic) bond motifs is 2. The van der Waals surface area contributed by atoms with Crippen molar-refractivity contribution < 1.29 is 23.5 Å². The average molecular weight is 862 g/mol. The summed E-state index contributed by atoms with van der Waals surface area (Å²) in [6.45, 7) is 8.56. The Labute approximate surface area is 360 Å². The standard InChI is InChI=1S/C22H20ClN5O2.C14H9ClN2O3.C8H13N3/c1-12-5-20(24)28-13(2)18(12)11-26-21(29)22-27-10-17(30-22)7-14-3-4-19-15(6-14)8-16(23)9-25-19;15-10-5-9-3-8(1-2-12(9)16-6-10)4-11-7-17-13(20-11)14(18)19;1-5-3-8(10)11-6(2)7(5)4-9/h3-6,8-10H,7,11H2,1-2H3,(H2,24,28)(H,26,29);1-3,5-7H,4H2,(H,18,19);3H,4,9H2,1-2H3,(H2,10,11). The normalized spacial score (nSPS) is 10.8. The van der Waals surface area contributed by atoms with Gasteiger partial charge in [-0.2, -0.15) is 0 Å². The van der Waals surface area contributed by atoms with Crippen LogP contribution in [0.15, 0.2) is 94.3 Å². The smallest absolute Gasteiger partial charge is 0.392 e. The van der Waals surface area contributed by atoms with Crippen LogP contribution in [-0.2, 0) is 25.9 Å². The summed E-state index contributed by atoms with van der Waals surface area (Å²) in [5.74, 6) is 0.283. The highest BCUT2D eigenvalue weighted by Gasteiger charge is 2.16. The number of halogens is 2. The van der Waals surface area contributed by atoms with E-state index in [0.717, 1.165) is 66.6 Å². The largest absolute Gasteiger partial charge is 0.474 e. The van der Waals surface area contributed by atoms with Gasteiger partial charge in [-0.05, 0) is 110 Å². The van der Waals surface area contributed by atoms with Crippen molar-refractivity contribution in [1.82, 2.24) is 35.2 Å². The molecule has 8 aromatic rings. The van der Waals surface area contributed by atoms with Crippen molar-refractivity contribution >= 4 is 68.5 Å². The lowest BCUT2D eigenvalue weighted by Gasteiger charge is -2.10. The summed E-state index contributed by atoms with van der Waals surface area (Å²) in [6.07, 6.45) is 7.17. The molecule has 6 heterocycles. The predicted molar refractivity (Wildman–Crippen MR) is 234 cm³/mol. The Morgan fingerprint density at radius 1 is 0.656 bits per heavy atom. The zero-order chi connectivity index (χ0) is 43.8. The van der Waals surface area contributed by atoms with Crippen molar-refractivity contribution in [2.24, 2.45) is 5.73 Å². The Hall–Kier alpha value is -6.94. The minimum Gasteiger partial charge on any atom is -0.474 e. The Bertz CT molecular complexity index is 2830. The van der Waals surface area contributed by atoms with E-state index in [-0.39, 0.29) is 17.7 Å². The predicted octanol–water partition coefficient (Wildman–Crippen LogP) is 7.90. The number of hydrogen-bond donors (Lipinski definition) is 5. The van der Waals surface area contributed by atoms with Crippen LogP contribution in [0.2, 0.25) is 10.0 Å². The van der Waals surface area contributed by atoms with Crippen molar-refractivity contribution in [3.63, 3.8) is 0 Å². The molecule has 0 aliphatic carbocycles. The van der Waals surface area contributed by atoms with E-state index in [4.69, 9.17) is 54.3 Å². The zero-order valence-electron chi connectivity index (χ0n) is 33.7. The molecular weight excluding hydrogens is 819 g/mol. The first-order chi connectivity index (χ1) is 29.1. The lowest BCUT2D eigenvalue weighted by molar-refractivity contribution is 0.0651. The highest BCUT2D eigenvalue weighted by atomic mass is 35.5. The molecule has 2 aromatic carbocycles. The van der Waals surface area contributed by atoms with E-state index < -0.39 is 5.97 Å². The van der Waals surface area contributed by atoms with Gasteiger partial charge < -0.3 is 36.5 Å². The summed E-state index contributed by atoms with van der Waals surface area (Å²) in [4.78, 5) is 47.8. The molecule has 0 spiro atoms. The van der Waals surface area contributed by atoms with Crippen molar-refractivity contribution in [3.05, 3.63) is 164 Å². The lowest BCUT2D eigenvalue weighted by atomic mass is 10.1. The highest BCUT2D eigenvalue weighted by molar-refractivity contribution is 6.31. The van der Waals surface area contributed by atoms with Gasteiger partial charge in [0.25, 0.3) is 5.89 Å². The van der Waals surface area contributed by atoms with Gasteiger partial charge in [0.2, 0.25) is 0 Å². The summed E-state index contributed by atoms with van der Waals surface area (Å²) in [7, 11) is 0. The Morgan fingerprint density at radius 3 is 1.59 bits per heavy atom. The molecule has 0 saturated carbocycles. The first kappa shape index (κ1) is 43.6. The third-order valence-corrected chi connectivity index (χ3v) is 9.86. The number of aryl methyl sites for hydroxylation is 4. The quantitative estimate of drug-likeness (QED) is 0.0926. The molecule has 0 saturated heterocycles. The third-order valence-electron chi connectivity index (χ3n) is 9.44. The molecule has 0 aliphatic heterocycles. The number of pyridine rings is 4. The third kappa shape index (κ3) is 11.4. The maximum Gasteiger partial charge on any atom is 0.392 e. The van der Waals surface area contributed by atoms with Gasteiger partial charge in [0.15, 0.2) is 0 Å². The van der Waals surface area contributed by atoms with Crippen LogP contribution in [0.4, 0.5) is 11.6 Å². The average Bonchev–Trinajstić information content (AvgIpc) is 3.88. The number of carbonyl (C=O) groups is 2. The van der Waals surface area contributed by atoms with Crippen molar-refractivity contribution in [2.75, 3.05) is 11.5 Å². The number of aromatic nitrogens is 6. The van der Waals surface area contributed by atoms with Crippen LogP contribution < -0.4 is 22.5 Å². The van der Waals surface area contributed by atoms with Crippen molar-refractivity contribution in [1.29, 1.82) is 0 Å². The van der Waals surface area contributed by atoms with Crippen LogP contribution in [0.1, 0.15) is 77.7 Å². The fourth-order valence-corrected chi connectivity index (χ4v) is 6.84. The first-order valence-electron chi connectivity index (χ1n) is 18.8. The molecule has 312 valence electrons. The number of nitrogens with one attached hydrogen (secondary N) is 1. The molecule has 0 aliphatic rings. The molecule has 1 amide bonds. The molecule has 8 rings (SSSR count). The number of carboxylic acid groups (broad SMARTS) is 1. The second-order valence-electron chi connectivity index (χ2n) is 14.0. The second-order valence-corrected chi connectivity index (χ2v) is 14.9. The van der Waals surface area contributed by atoms with E-state index in [1.165, 1.54) is 6.20 Å². The molecule has 0 atom stereocenters. The SMILES string of the molecule is Cc1cc(N)nc(C)c1CN.Cc1cc(N)nc(C)c1CNC(=O)c1ncc(Cc2ccc3ncc(Cl)cc3c2)o1.O=C(O)c1ncc(Cc2ccc3ncc(Cl)cc3c2)o1. The number of nitrogens with zero attached hydrogens (tertiary/aromatic N) is 6. The first-order valence-corrected chi connectivity index (χ1v) is 19.6. The van der Waals surface area contributed by atoms with Crippen LogP contribution in [0, 0.1) is 27.7 Å². The highest BCUT2D eigenvalue weighted by Crippen LogP contribution is 2.22. The van der Waals surface area contributed by atoms with E-state index >= 15 is 0 Å². The number of anilines is 2. The summed E-state index contributed by atoms with van der Waals surface area (Å²) >= 11 is 11.9. The molecule has 0 unspecified atom stereocenters. The van der Waals surface area contributed by atoms with E-state index in [0.29, 0.717) is 59.1 Å².